The summed E-state index contributed by atoms with van der Waals surface area (Å²) in [6, 6.07) is 5.55. The van der Waals surface area contributed by atoms with E-state index >= 15 is 0 Å². The topological polar surface area (TPSA) is 96.3 Å². The molecule has 7 heteroatoms. The Bertz CT molecular complexity index is 879. The number of benzene rings is 1. The molecule has 7 nitrogen and oxygen atoms in total. The molecular weight excluding hydrogens is 422 g/mol. The van der Waals surface area contributed by atoms with Crippen LogP contribution in [-0.2, 0) is 14.3 Å². The number of aliphatic hydroxyl groups excluding tert-OH is 1. The Kier molecular flexibility index (Phi) is 7.73. The number of methoxy groups -OCH3 is 1. The minimum absolute atomic E-state index is 0.0113. The Hall–Kier alpha value is -2.54. The van der Waals surface area contributed by atoms with Crippen molar-refractivity contribution in [1.82, 2.24) is 4.90 Å². The molecule has 0 radical (unpaired) electrons. The maximum atomic E-state index is 12.1. The number of amides is 1. The van der Waals surface area contributed by atoms with E-state index in [1.165, 1.54) is 7.11 Å². The van der Waals surface area contributed by atoms with Crippen LogP contribution in [0.3, 0.4) is 0 Å². The van der Waals surface area contributed by atoms with Crippen LogP contribution in [0.15, 0.2) is 24.3 Å². The molecule has 1 aromatic rings. The number of phenols is 1. The Morgan fingerprint density at radius 1 is 1.21 bits per heavy atom. The van der Waals surface area contributed by atoms with Crippen LogP contribution >= 0.6 is 0 Å². The van der Waals surface area contributed by atoms with E-state index in [-0.39, 0.29) is 35.6 Å². The molecular formula is C26H37NO6. The summed E-state index contributed by atoms with van der Waals surface area (Å²) in [6.45, 7) is 8.32. The molecule has 1 aliphatic heterocycles. The lowest BCUT2D eigenvalue weighted by atomic mass is 9.83. The predicted octanol–water partition coefficient (Wildman–Crippen LogP) is 4.33. The van der Waals surface area contributed by atoms with Gasteiger partial charge in [-0.3, -0.25) is 4.79 Å². The van der Waals surface area contributed by atoms with E-state index < -0.39 is 11.7 Å². The average molecular weight is 460 g/mol. The minimum Gasteiger partial charge on any atom is -0.507 e. The van der Waals surface area contributed by atoms with Gasteiger partial charge in [-0.25, -0.2) is 4.79 Å². The zero-order valence-corrected chi connectivity index (χ0v) is 20.3. The van der Waals surface area contributed by atoms with Gasteiger partial charge in [0.1, 0.15) is 11.4 Å². The summed E-state index contributed by atoms with van der Waals surface area (Å²) in [5, 5.41) is 21.0. The van der Waals surface area contributed by atoms with Crippen LogP contribution < -0.4 is 0 Å². The van der Waals surface area contributed by atoms with Gasteiger partial charge in [0.2, 0.25) is 0 Å². The van der Waals surface area contributed by atoms with Gasteiger partial charge in [0, 0.05) is 24.6 Å². The number of hydrogen-bond donors (Lipinski definition) is 2. The van der Waals surface area contributed by atoms with Gasteiger partial charge in [-0.1, -0.05) is 31.2 Å². The maximum Gasteiger partial charge on any atom is 0.410 e. The number of hydrogen-bond acceptors (Lipinski definition) is 6. The lowest BCUT2D eigenvalue weighted by Crippen LogP contribution is -2.55. The van der Waals surface area contributed by atoms with E-state index in [0.717, 1.165) is 18.4 Å². The highest BCUT2D eigenvalue weighted by atomic mass is 16.6. The fourth-order valence-corrected chi connectivity index (χ4v) is 4.42. The van der Waals surface area contributed by atoms with Crippen molar-refractivity contribution in [2.24, 2.45) is 17.8 Å². The lowest BCUT2D eigenvalue weighted by molar-refractivity contribution is -0.145. The van der Waals surface area contributed by atoms with E-state index in [4.69, 9.17) is 9.47 Å². The first kappa shape index (κ1) is 25.1. The van der Waals surface area contributed by atoms with Crippen LogP contribution in [0.1, 0.15) is 64.0 Å². The van der Waals surface area contributed by atoms with E-state index in [9.17, 15) is 19.8 Å². The molecule has 1 amide bonds. The standard InChI is InChI=1S/C26H37NO6/c1-16(24(30)32-5)23(18-10-11-18)19-12-9-17(22(29)13-19)7-6-8-21(28)20-14-27(15-20)25(31)33-26(2,3)4/h6-7,9,12-13,16,18,20-21,23,28-29H,8,10-11,14-15H2,1-5H3/b7-6+/t16-,21?,23-/m0/s1. The number of likely N-dealkylation sites (tertiary alicyclic amines) is 1. The Morgan fingerprint density at radius 2 is 1.88 bits per heavy atom. The third kappa shape index (κ3) is 6.50. The van der Waals surface area contributed by atoms with Crippen molar-refractivity contribution in [1.29, 1.82) is 0 Å². The lowest BCUT2D eigenvalue weighted by Gasteiger charge is -2.41. The van der Waals surface area contributed by atoms with Crippen molar-refractivity contribution in [3.05, 3.63) is 35.4 Å². The quantitative estimate of drug-likeness (QED) is 0.562. The highest BCUT2D eigenvalue weighted by molar-refractivity contribution is 5.73. The fourth-order valence-electron chi connectivity index (χ4n) is 4.42. The zero-order valence-electron chi connectivity index (χ0n) is 20.3. The summed E-state index contributed by atoms with van der Waals surface area (Å²) in [5.74, 6) is 0.150. The van der Waals surface area contributed by atoms with Crippen molar-refractivity contribution in [3.8, 4) is 5.75 Å². The van der Waals surface area contributed by atoms with E-state index in [0.29, 0.717) is 31.0 Å². The SMILES string of the molecule is COC(=O)[C@@H](C)[C@H](c1ccc(/C=C/CC(O)C2CN(C(=O)OC(C)(C)C)C2)c(O)c1)C1CC1. The summed E-state index contributed by atoms with van der Waals surface area (Å²) >= 11 is 0. The van der Waals surface area contributed by atoms with Crippen LogP contribution in [0.4, 0.5) is 4.79 Å². The van der Waals surface area contributed by atoms with Gasteiger partial charge < -0.3 is 24.6 Å². The average Bonchev–Trinajstić information content (AvgIpc) is 3.51. The Balaban J connectivity index is 1.54. The first-order valence-corrected chi connectivity index (χ1v) is 11.7. The summed E-state index contributed by atoms with van der Waals surface area (Å²) in [4.78, 5) is 25.7. The summed E-state index contributed by atoms with van der Waals surface area (Å²) < 4.78 is 10.3. The second-order valence-corrected chi connectivity index (χ2v) is 10.3. The molecule has 1 aromatic carbocycles. The molecule has 1 aliphatic carbocycles. The molecule has 2 N–H and O–H groups in total. The summed E-state index contributed by atoms with van der Waals surface area (Å²) in [5.41, 5.74) is 1.08. The summed E-state index contributed by atoms with van der Waals surface area (Å²) in [7, 11) is 1.40. The number of aliphatic hydroxyl groups is 1. The third-order valence-corrected chi connectivity index (χ3v) is 6.46. The molecule has 1 saturated heterocycles. The van der Waals surface area contributed by atoms with E-state index in [2.05, 4.69) is 0 Å². The molecule has 3 rings (SSSR count). The van der Waals surface area contributed by atoms with Crippen LogP contribution in [-0.4, -0.2) is 59.1 Å². The number of rotatable bonds is 8. The monoisotopic (exact) mass is 459 g/mol. The van der Waals surface area contributed by atoms with Gasteiger partial charge in [0.15, 0.2) is 0 Å². The van der Waals surface area contributed by atoms with Gasteiger partial charge in [-0.2, -0.15) is 0 Å². The third-order valence-electron chi connectivity index (χ3n) is 6.46. The van der Waals surface area contributed by atoms with Crippen molar-refractivity contribution in [2.45, 2.75) is 64.6 Å². The molecule has 1 unspecified atom stereocenters. The molecule has 1 saturated carbocycles. The molecule has 2 fully saturated rings. The van der Waals surface area contributed by atoms with E-state index in [1.54, 1.807) is 17.0 Å². The largest absolute Gasteiger partial charge is 0.507 e. The molecule has 33 heavy (non-hydrogen) atoms. The molecule has 2 aliphatic rings. The fraction of sp³-hybridized carbons (Fsp3) is 0.615. The number of nitrogens with zero attached hydrogens (tertiary/aromatic N) is 1. The molecule has 0 aromatic heterocycles. The van der Waals surface area contributed by atoms with Crippen LogP contribution in [0, 0.1) is 17.8 Å². The van der Waals surface area contributed by atoms with Gasteiger partial charge >= 0.3 is 12.1 Å². The number of carbonyl (C=O) groups is 2. The highest BCUT2D eigenvalue weighted by Gasteiger charge is 2.39. The smallest absolute Gasteiger partial charge is 0.410 e. The second kappa shape index (κ2) is 10.2. The van der Waals surface area contributed by atoms with Gasteiger partial charge in [-0.15, -0.1) is 0 Å². The van der Waals surface area contributed by atoms with Crippen LogP contribution in [0.5, 0.6) is 5.75 Å². The Labute approximate surface area is 196 Å². The Morgan fingerprint density at radius 3 is 2.42 bits per heavy atom. The van der Waals surface area contributed by atoms with Crippen molar-refractivity contribution >= 4 is 18.1 Å². The van der Waals surface area contributed by atoms with Gasteiger partial charge in [-0.05, 0) is 63.5 Å². The van der Waals surface area contributed by atoms with Gasteiger partial charge in [0.05, 0.1) is 19.1 Å². The summed E-state index contributed by atoms with van der Waals surface area (Å²) in [6.07, 6.45) is 5.31. The van der Waals surface area contributed by atoms with Crippen molar-refractivity contribution in [3.63, 3.8) is 0 Å². The van der Waals surface area contributed by atoms with Gasteiger partial charge in [0.25, 0.3) is 0 Å². The molecule has 1 heterocycles. The zero-order chi connectivity index (χ0) is 24.3. The first-order chi connectivity index (χ1) is 15.5. The van der Waals surface area contributed by atoms with Crippen LogP contribution in [0.2, 0.25) is 0 Å². The molecule has 0 spiro atoms. The number of phenolic OH excluding ortho intramolecular Hbond substituents is 1. The highest BCUT2D eigenvalue weighted by Crippen LogP contribution is 2.47. The predicted molar refractivity (Wildman–Crippen MR) is 126 cm³/mol. The van der Waals surface area contributed by atoms with E-state index in [1.807, 2.05) is 45.9 Å². The number of esters is 1. The number of carbonyl (C=O) groups excluding carboxylic acids is 2. The number of ether oxygens (including phenoxy) is 2. The molecule has 182 valence electrons. The second-order valence-electron chi connectivity index (χ2n) is 10.3. The van der Waals surface area contributed by atoms with Crippen molar-refractivity contribution in [2.75, 3.05) is 20.2 Å². The van der Waals surface area contributed by atoms with Crippen LogP contribution in [0.25, 0.3) is 6.08 Å². The first-order valence-electron chi connectivity index (χ1n) is 11.7. The normalized spacial score (nSPS) is 19.6. The van der Waals surface area contributed by atoms with Crippen molar-refractivity contribution < 1.29 is 29.3 Å². The molecule has 3 atom stereocenters. The minimum atomic E-state index is -0.568. The maximum absolute atomic E-state index is 12.1. The molecule has 0 bridgehead atoms. The number of aromatic hydroxyl groups is 1.